The first-order valence-corrected chi connectivity index (χ1v) is 11.4. The van der Waals surface area contributed by atoms with Crippen LogP contribution >= 0.6 is 0 Å². The summed E-state index contributed by atoms with van der Waals surface area (Å²) >= 11 is 0. The molecule has 0 saturated heterocycles. The summed E-state index contributed by atoms with van der Waals surface area (Å²) in [6, 6.07) is 10.5. The molecule has 0 aliphatic heterocycles. The Labute approximate surface area is 205 Å². The summed E-state index contributed by atoms with van der Waals surface area (Å²) in [5.74, 6) is -3.66. The first-order valence-electron chi connectivity index (χ1n) is 11.4. The quantitative estimate of drug-likeness (QED) is 0.398. The van der Waals surface area contributed by atoms with Gasteiger partial charge in [-0.25, -0.2) is 9.59 Å². The summed E-state index contributed by atoms with van der Waals surface area (Å²) in [5, 5.41) is 25.0. The second-order valence-corrected chi connectivity index (χ2v) is 8.38. The van der Waals surface area contributed by atoms with E-state index in [1.54, 1.807) is 10.9 Å². The normalized spacial score (nSPS) is 12.2. The van der Waals surface area contributed by atoms with Crippen molar-refractivity contribution in [2.45, 2.75) is 45.3 Å². The Balaban J connectivity index is 0.000000454. The van der Waals surface area contributed by atoms with E-state index < -0.39 is 18.1 Å². The Hall–Kier alpha value is -3.73. The van der Waals surface area contributed by atoms with Crippen LogP contribution in [0.25, 0.3) is 11.3 Å². The van der Waals surface area contributed by atoms with E-state index in [0.717, 1.165) is 54.7 Å². The molecular formula is C25H27F3N4O4. The predicted molar refractivity (Wildman–Crippen MR) is 126 cm³/mol. The molecule has 1 aliphatic rings. The molecule has 0 spiro atoms. The molecule has 2 aromatic heterocycles. The Kier molecular flexibility index (Phi) is 8.81. The summed E-state index contributed by atoms with van der Waals surface area (Å²) in [5.41, 5.74) is 6.74. The molecule has 3 aromatic rings. The van der Waals surface area contributed by atoms with Crippen molar-refractivity contribution >= 4 is 11.9 Å². The minimum atomic E-state index is -5.08. The monoisotopic (exact) mass is 504 g/mol. The number of carboxylic acid groups (broad SMARTS) is 2. The van der Waals surface area contributed by atoms with Crippen LogP contribution in [-0.4, -0.2) is 56.2 Å². The van der Waals surface area contributed by atoms with E-state index in [1.807, 2.05) is 12.3 Å². The van der Waals surface area contributed by atoms with E-state index in [-0.39, 0.29) is 0 Å². The zero-order valence-corrected chi connectivity index (χ0v) is 19.7. The zero-order valence-electron chi connectivity index (χ0n) is 19.7. The Morgan fingerprint density at radius 1 is 1.08 bits per heavy atom. The van der Waals surface area contributed by atoms with Gasteiger partial charge in [0.05, 0.1) is 5.69 Å². The third kappa shape index (κ3) is 6.91. The van der Waals surface area contributed by atoms with E-state index in [1.165, 1.54) is 11.1 Å². The molecule has 3 N–H and O–H groups in total. The lowest BCUT2D eigenvalue weighted by Crippen LogP contribution is -2.21. The van der Waals surface area contributed by atoms with Crippen LogP contribution in [0.3, 0.4) is 0 Å². The summed E-state index contributed by atoms with van der Waals surface area (Å²) in [7, 11) is 0. The third-order valence-electron chi connectivity index (χ3n) is 5.73. The molecule has 0 atom stereocenters. The molecule has 0 saturated carbocycles. The lowest BCUT2D eigenvalue weighted by molar-refractivity contribution is -0.192. The number of rotatable bonds is 8. The minimum absolute atomic E-state index is 0.335. The summed E-state index contributed by atoms with van der Waals surface area (Å²) in [6.07, 6.45) is 1.84. The smallest absolute Gasteiger partial charge is 0.477 e. The fraction of sp³-hybridized carbons (Fsp3) is 0.360. The SMILES string of the molecule is Cc1ccc(CCNCCCn2nc3c(c2C(=O)O)CCc2cnccc2-3)cc1.O=C(O)C(F)(F)F. The van der Waals surface area contributed by atoms with E-state index >= 15 is 0 Å². The van der Waals surface area contributed by atoms with Crippen molar-refractivity contribution in [1.82, 2.24) is 20.1 Å². The average molecular weight is 505 g/mol. The van der Waals surface area contributed by atoms with Gasteiger partial charge < -0.3 is 15.5 Å². The van der Waals surface area contributed by atoms with Crippen molar-refractivity contribution in [3.05, 3.63) is 70.7 Å². The Morgan fingerprint density at radius 3 is 2.42 bits per heavy atom. The van der Waals surface area contributed by atoms with Crippen LogP contribution in [0.1, 0.15) is 39.2 Å². The molecule has 2 heterocycles. The number of benzene rings is 1. The molecule has 0 unspecified atom stereocenters. The van der Waals surface area contributed by atoms with E-state index in [0.29, 0.717) is 18.7 Å². The Morgan fingerprint density at radius 2 is 1.78 bits per heavy atom. The number of aromatic carboxylic acids is 1. The fourth-order valence-electron chi connectivity index (χ4n) is 3.94. The fourth-order valence-corrected chi connectivity index (χ4v) is 3.94. The highest BCUT2D eigenvalue weighted by atomic mass is 19.4. The van der Waals surface area contributed by atoms with Crippen LogP contribution in [0.4, 0.5) is 13.2 Å². The van der Waals surface area contributed by atoms with Crippen molar-refractivity contribution in [2.24, 2.45) is 0 Å². The highest BCUT2D eigenvalue weighted by molar-refractivity contribution is 5.90. The number of carbonyl (C=O) groups is 2. The van der Waals surface area contributed by atoms with Crippen LogP contribution < -0.4 is 5.32 Å². The number of halogens is 3. The number of carboxylic acids is 2. The van der Waals surface area contributed by atoms with Crippen LogP contribution in [-0.2, 0) is 30.6 Å². The molecule has 11 heteroatoms. The standard InChI is InChI=1S/C23H26N4O2.C2HF3O2/c1-16-3-5-17(6-4-16)9-12-24-11-2-14-27-22(23(28)29)20-8-7-18-15-25-13-10-19(18)21(20)26-27;3-2(4,5)1(6)7/h3-6,10,13,15,24H,2,7-9,11-12,14H2,1H3,(H,28,29);(H,6,7). The highest BCUT2D eigenvalue weighted by Gasteiger charge is 2.38. The van der Waals surface area contributed by atoms with Crippen molar-refractivity contribution in [2.75, 3.05) is 13.1 Å². The molecule has 192 valence electrons. The first kappa shape index (κ1) is 26.9. The lowest BCUT2D eigenvalue weighted by Gasteiger charge is -2.14. The summed E-state index contributed by atoms with van der Waals surface area (Å²) in [4.78, 5) is 25.0. The van der Waals surface area contributed by atoms with Gasteiger partial charge in [-0.15, -0.1) is 0 Å². The number of nitrogens with one attached hydrogen (secondary N) is 1. The van der Waals surface area contributed by atoms with Crippen molar-refractivity contribution in [3.63, 3.8) is 0 Å². The second kappa shape index (κ2) is 11.8. The van der Waals surface area contributed by atoms with Gasteiger partial charge in [0, 0.05) is 30.1 Å². The number of aryl methyl sites for hydroxylation is 3. The van der Waals surface area contributed by atoms with Gasteiger partial charge in [0.25, 0.3) is 0 Å². The minimum Gasteiger partial charge on any atom is -0.477 e. The molecule has 0 bridgehead atoms. The number of hydrogen-bond donors (Lipinski definition) is 3. The maximum Gasteiger partial charge on any atom is 0.490 e. The van der Waals surface area contributed by atoms with Crippen molar-refractivity contribution in [3.8, 4) is 11.3 Å². The van der Waals surface area contributed by atoms with Gasteiger partial charge in [-0.3, -0.25) is 9.67 Å². The van der Waals surface area contributed by atoms with Gasteiger partial charge >= 0.3 is 18.1 Å². The zero-order chi connectivity index (χ0) is 26.3. The van der Waals surface area contributed by atoms with Crippen LogP contribution in [0.2, 0.25) is 0 Å². The number of aliphatic carboxylic acids is 1. The number of alkyl halides is 3. The maximum atomic E-state index is 11.9. The second-order valence-electron chi connectivity index (χ2n) is 8.38. The number of aromatic nitrogens is 3. The van der Waals surface area contributed by atoms with Crippen LogP contribution in [0.15, 0.2) is 42.7 Å². The van der Waals surface area contributed by atoms with E-state index in [4.69, 9.17) is 9.90 Å². The van der Waals surface area contributed by atoms with Gasteiger partial charge in [0.1, 0.15) is 5.69 Å². The van der Waals surface area contributed by atoms with Gasteiger partial charge in [-0.05, 0) is 62.9 Å². The molecule has 36 heavy (non-hydrogen) atoms. The third-order valence-corrected chi connectivity index (χ3v) is 5.73. The van der Waals surface area contributed by atoms with Gasteiger partial charge in [-0.2, -0.15) is 18.3 Å². The topological polar surface area (TPSA) is 117 Å². The molecule has 0 fully saturated rings. The first-order chi connectivity index (χ1) is 17.1. The highest BCUT2D eigenvalue weighted by Crippen LogP contribution is 2.34. The molecule has 4 rings (SSSR count). The molecule has 8 nitrogen and oxygen atoms in total. The van der Waals surface area contributed by atoms with E-state index in [9.17, 15) is 23.1 Å². The number of fused-ring (bicyclic) bond motifs is 3. The summed E-state index contributed by atoms with van der Waals surface area (Å²) < 4.78 is 33.4. The van der Waals surface area contributed by atoms with Crippen molar-refractivity contribution in [1.29, 1.82) is 0 Å². The molecule has 0 amide bonds. The van der Waals surface area contributed by atoms with Crippen molar-refractivity contribution < 1.29 is 33.0 Å². The molecule has 0 radical (unpaired) electrons. The largest absolute Gasteiger partial charge is 0.490 e. The van der Waals surface area contributed by atoms with Gasteiger partial charge in [-0.1, -0.05) is 29.8 Å². The number of nitrogens with zero attached hydrogens (tertiary/aromatic N) is 3. The Bertz CT molecular complexity index is 1210. The molecule has 1 aromatic carbocycles. The number of hydrogen-bond acceptors (Lipinski definition) is 5. The van der Waals surface area contributed by atoms with E-state index in [2.05, 4.69) is 46.6 Å². The average Bonchev–Trinajstić information content (AvgIpc) is 3.21. The molecule has 1 aliphatic carbocycles. The maximum absolute atomic E-state index is 11.9. The lowest BCUT2D eigenvalue weighted by atomic mass is 9.90. The predicted octanol–water partition coefficient (Wildman–Crippen LogP) is 3.91. The number of pyridine rings is 1. The van der Waals surface area contributed by atoms with Crippen LogP contribution in [0.5, 0.6) is 0 Å². The van der Waals surface area contributed by atoms with Gasteiger partial charge in [0.15, 0.2) is 0 Å². The van der Waals surface area contributed by atoms with Crippen LogP contribution in [0, 0.1) is 6.92 Å². The molecular weight excluding hydrogens is 477 g/mol. The van der Waals surface area contributed by atoms with Gasteiger partial charge in [0.2, 0.25) is 0 Å². The summed E-state index contributed by atoms with van der Waals surface area (Å²) in [6.45, 7) is 4.42.